The van der Waals surface area contributed by atoms with E-state index in [1.807, 2.05) is 57.2 Å². The summed E-state index contributed by atoms with van der Waals surface area (Å²) in [4.78, 5) is 39.0. The molecule has 2 fully saturated rings. The zero-order valence-electron chi connectivity index (χ0n) is 20.4. The summed E-state index contributed by atoms with van der Waals surface area (Å²) in [6.07, 6.45) is 1.63. The van der Waals surface area contributed by atoms with Gasteiger partial charge in [0, 0.05) is 18.0 Å². The first kappa shape index (κ1) is 23.8. The Morgan fingerprint density at radius 1 is 1.21 bits per heavy atom. The predicted molar refractivity (Wildman–Crippen MR) is 127 cm³/mol. The van der Waals surface area contributed by atoms with Gasteiger partial charge in [0.1, 0.15) is 18.0 Å². The minimum Gasteiger partial charge on any atom is -0.444 e. The van der Waals surface area contributed by atoms with Crippen molar-refractivity contribution in [2.45, 2.75) is 83.5 Å². The highest BCUT2D eigenvalue weighted by Crippen LogP contribution is 2.39. The number of benzene rings is 1. The summed E-state index contributed by atoms with van der Waals surface area (Å²) in [5, 5.41) is 10.4. The molecule has 0 radical (unpaired) electrons. The second-order valence-corrected chi connectivity index (χ2v) is 10.6. The van der Waals surface area contributed by atoms with Crippen molar-refractivity contribution in [3.63, 3.8) is 0 Å². The number of hydrogen-bond donors (Lipinski definition) is 2. The standard InChI is InChI=1S/C25H33N5O4/c1-24(2,3)30-20(26-23(33)34-15-16-9-7-6-8-10-16)14-19(28-30)17-11-12-18(13-17)29-21(31)25(4,5)27-22(29)32/h6-10,14,17-18H,11-13,15H2,1-5H3,(H,26,33)(H,27,32)/t17?,18-/m1/s1. The number of amides is 4. The number of carbonyl (C=O) groups excluding carboxylic acids is 3. The van der Waals surface area contributed by atoms with E-state index in [0.29, 0.717) is 12.2 Å². The molecule has 0 bridgehead atoms. The first-order chi connectivity index (χ1) is 16.0. The molecule has 1 unspecified atom stereocenters. The second kappa shape index (κ2) is 8.77. The number of nitrogens with zero attached hydrogens (tertiary/aromatic N) is 3. The maximum atomic E-state index is 12.7. The highest BCUT2D eigenvalue weighted by molar-refractivity contribution is 6.06. The van der Waals surface area contributed by atoms with Crippen molar-refractivity contribution in [1.82, 2.24) is 20.0 Å². The van der Waals surface area contributed by atoms with Gasteiger partial charge < -0.3 is 10.1 Å². The molecule has 4 amide bonds. The lowest BCUT2D eigenvalue weighted by atomic mass is 10.0. The van der Waals surface area contributed by atoms with E-state index in [1.165, 1.54) is 4.90 Å². The number of nitrogens with one attached hydrogen (secondary N) is 2. The first-order valence-corrected chi connectivity index (χ1v) is 11.7. The van der Waals surface area contributed by atoms with Crippen molar-refractivity contribution in [2.75, 3.05) is 5.32 Å². The molecule has 4 rings (SSSR count). The van der Waals surface area contributed by atoms with E-state index in [-0.39, 0.29) is 36.0 Å². The molecular formula is C25H33N5O4. The fourth-order valence-corrected chi connectivity index (χ4v) is 4.63. The number of urea groups is 1. The van der Waals surface area contributed by atoms with Crippen LogP contribution in [-0.2, 0) is 21.7 Å². The van der Waals surface area contributed by atoms with Crippen LogP contribution in [0.25, 0.3) is 0 Å². The van der Waals surface area contributed by atoms with Crippen molar-refractivity contribution < 1.29 is 19.1 Å². The molecule has 1 aliphatic heterocycles. The van der Waals surface area contributed by atoms with Gasteiger partial charge in [-0.2, -0.15) is 5.10 Å². The maximum Gasteiger partial charge on any atom is 0.413 e. The van der Waals surface area contributed by atoms with Crippen LogP contribution in [0.2, 0.25) is 0 Å². The van der Waals surface area contributed by atoms with E-state index in [0.717, 1.165) is 24.1 Å². The average molecular weight is 468 g/mol. The van der Waals surface area contributed by atoms with Crippen LogP contribution in [0.1, 0.15) is 71.1 Å². The molecule has 9 nitrogen and oxygen atoms in total. The van der Waals surface area contributed by atoms with Crippen LogP contribution in [0.5, 0.6) is 0 Å². The average Bonchev–Trinajstić information content (AvgIpc) is 3.44. The Balaban J connectivity index is 1.46. The second-order valence-electron chi connectivity index (χ2n) is 10.6. The van der Waals surface area contributed by atoms with Gasteiger partial charge in [0.2, 0.25) is 0 Å². The summed E-state index contributed by atoms with van der Waals surface area (Å²) in [5.41, 5.74) is 0.498. The fraction of sp³-hybridized carbons (Fsp3) is 0.520. The number of aromatic nitrogens is 2. The SMILES string of the molecule is CC1(C)NC(=O)N([C@@H]2CCC(c3cc(NC(=O)OCc4ccccc4)n(C(C)(C)C)n3)C2)C1=O. The third-order valence-corrected chi connectivity index (χ3v) is 6.39. The summed E-state index contributed by atoms with van der Waals surface area (Å²) in [5.74, 6) is 0.450. The number of ether oxygens (including phenoxy) is 1. The summed E-state index contributed by atoms with van der Waals surface area (Å²) in [6, 6.07) is 10.9. The van der Waals surface area contributed by atoms with E-state index < -0.39 is 11.6 Å². The zero-order valence-corrected chi connectivity index (χ0v) is 20.4. The normalized spacial score (nSPS) is 22.1. The number of rotatable bonds is 5. The van der Waals surface area contributed by atoms with Gasteiger partial charge in [-0.3, -0.25) is 15.0 Å². The Morgan fingerprint density at radius 3 is 2.53 bits per heavy atom. The Morgan fingerprint density at radius 2 is 1.91 bits per heavy atom. The van der Waals surface area contributed by atoms with E-state index in [4.69, 9.17) is 9.84 Å². The molecule has 1 aliphatic carbocycles. The van der Waals surface area contributed by atoms with Gasteiger partial charge in [-0.1, -0.05) is 30.3 Å². The predicted octanol–water partition coefficient (Wildman–Crippen LogP) is 4.35. The minimum atomic E-state index is -0.875. The van der Waals surface area contributed by atoms with Crippen LogP contribution >= 0.6 is 0 Å². The van der Waals surface area contributed by atoms with E-state index in [2.05, 4.69) is 10.6 Å². The fourth-order valence-electron chi connectivity index (χ4n) is 4.63. The van der Waals surface area contributed by atoms with Gasteiger partial charge in [-0.05, 0) is 59.4 Å². The lowest BCUT2D eigenvalue weighted by Crippen LogP contribution is -2.42. The third kappa shape index (κ3) is 4.78. The van der Waals surface area contributed by atoms with Gasteiger partial charge in [-0.25, -0.2) is 14.3 Å². The molecule has 1 saturated carbocycles. The lowest BCUT2D eigenvalue weighted by Gasteiger charge is -2.23. The molecule has 2 N–H and O–H groups in total. The molecular weight excluding hydrogens is 434 g/mol. The molecule has 1 saturated heterocycles. The molecule has 2 aromatic rings. The molecule has 1 aromatic heterocycles. The Labute approximate surface area is 199 Å². The quantitative estimate of drug-likeness (QED) is 0.636. The van der Waals surface area contributed by atoms with Crippen LogP contribution in [0.15, 0.2) is 36.4 Å². The molecule has 0 spiro atoms. The molecule has 1 aromatic carbocycles. The van der Waals surface area contributed by atoms with Gasteiger partial charge in [0.05, 0.1) is 11.2 Å². The number of carbonyl (C=O) groups is 3. The van der Waals surface area contributed by atoms with E-state index in [9.17, 15) is 14.4 Å². The number of imide groups is 1. The summed E-state index contributed by atoms with van der Waals surface area (Å²) >= 11 is 0. The van der Waals surface area contributed by atoms with E-state index in [1.54, 1.807) is 18.5 Å². The van der Waals surface area contributed by atoms with Crippen LogP contribution in [0.4, 0.5) is 15.4 Å². The molecule has 2 heterocycles. The van der Waals surface area contributed by atoms with Crippen molar-refractivity contribution in [3.05, 3.63) is 47.7 Å². The smallest absolute Gasteiger partial charge is 0.413 e. The molecule has 9 heteroatoms. The maximum absolute atomic E-state index is 12.7. The number of anilines is 1. The van der Waals surface area contributed by atoms with E-state index >= 15 is 0 Å². The largest absolute Gasteiger partial charge is 0.444 e. The highest BCUT2D eigenvalue weighted by Gasteiger charge is 2.49. The topological polar surface area (TPSA) is 106 Å². The van der Waals surface area contributed by atoms with Crippen molar-refractivity contribution in [2.24, 2.45) is 0 Å². The van der Waals surface area contributed by atoms with Crippen LogP contribution in [0.3, 0.4) is 0 Å². The summed E-state index contributed by atoms with van der Waals surface area (Å²) in [6.45, 7) is 9.65. The van der Waals surface area contributed by atoms with Crippen LogP contribution in [-0.4, -0.2) is 44.3 Å². The summed E-state index contributed by atoms with van der Waals surface area (Å²) < 4.78 is 7.17. The van der Waals surface area contributed by atoms with Gasteiger partial charge >= 0.3 is 12.1 Å². The van der Waals surface area contributed by atoms with Crippen molar-refractivity contribution in [1.29, 1.82) is 0 Å². The Hall–Kier alpha value is -3.36. The minimum absolute atomic E-state index is 0.0822. The van der Waals surface area contributed by atoms with Gasteiger partial charge in [-0.15, -0.1) is 0 Å². The Kier molecular flexibility index (Phi) is 6.14. The molecule has 182 valence electrons. The van der Waals surface area contributed by atoms with Crippen LogP contribution in [0, 0.1) is 0 Å². The van der Waals surface area contributed by atoms with Crippen molar-refractivity contribution in [3.8, 4) is 0 Å². The highest BCUT2D eigenvalue weighted by atomic mass is 16.5. The summed E-state index contributed by atoms with van der Waals surface area (Å²) in [7, 11) is 0. The lowest BCUT2D eigenvalue weighted by molar-refractivity contribution is -0.131. The van der Waals surface area contributed by atoms with Gasteiger partial charge in [0.15, 0.2) is 0 Å². The van der Waals surface area contributed by atoms with Crippen molar-refractivity contribution >= 4 is 23.8 Å². The first-order valence-electron chi connectivity index (χ1n) is 11.7. The molecule has 2 atom stereocenters. The molecule has 2 aliphatic rings. The third-order valence-electron chi connectivity index (χ3n) is 6.39. The van der Waals surface area contributed by atoms with Gasteiger partial charge in [0.25, 0.3) is 5.91 Å². The van der Waals surface area contributed by atoms with Crippen LogP contribution < -0.4 is 10.6 Å². The number of hydrogen-bond acceptors (Lipinski definition) is 5. The monoisotopic (exact) mass is 467 g/mol. The zero-order chi connectivity index (χ0) is 24.7. The Bertz CT molecular complexity index is 1090. The molecule has 34 heavy (non-hydrogen) atoms.